The van der Waals surface area contributed by atoms with Gasteiger partial charge in [0.1, 0.15) is 5.82 Å². The number of hydrogen-bond donors (Lipinski definition) is 2. The summed E-state index contributed by atoms with van der Waals surface area (Å²) in [5.41, 5.74) is 2.10. The molecule has 0 aromatic heterocycles. The maximum atomic E-state index is 13.1. The molecule has 0 radical (unpaired) electrons. The first-order chi connectivity index (χ1) is 12.0. The molecule has 4 rings (SSSR count). The van der Waals surface area contributed by atoms with Crippen molar-refractivity contribution in [1.29, 1.82) is 0 Å². The Morgan fingerprint density at radius 2 is 1.80 bits per heavy atom. The third-order valence-corrected chi connectivity index (χ3v) is 7.09. The minimum atomic E-state index is -3.65. The third-order valence-electron chi connectivity index (χ3n) is 5.32. The fourth-order valence-electron chi connectivity index (χ4n) is 3.96. The topological polar surface area (TPSA) is 58.2 Å². The third kappa shape index (κ3) is 2.83. The van der Waals surface area contributed by atoms with Crippen molar-refractivity contribution in [2.75, 3.05) is 18.4 Å². The van der Waals surface area contributed by atoms with E-state index >= 15 is 0 Å². The van der Waals surface area contributed by atoms with Crippen molar-refractivity contribution in [2.24, 2.45) is 5.92 Å². The van der Waals surface area contributed by atoms with Crippen molar-refractivity contribution in [3.8, 4) is 0 Å². The van der Waals surface area contributed by atoms with Gasteiger partial charge in [0.05, 0.1) is 9.79 Å². The number of rotatable bonds is 2. The highest BCUT2D eigenvalue weighted by molar-refractivity contribution is 7.91. The summed E-state index contributed by atoms with van der Waals surface area (Å²) < 4.78 is 38.9. The maximum absolute atomic E-state index is 13.1. The molecule has 4 nitrogen and oxygen atoms in total. The van der Waals surface area contributed by atoms with Gasteiger partial charge < -0.3 is 10.6 Å². The van der Waals surface area contributed by atoms with Gasteiger partial charge in [0, 0.05) is 17.6 Å². The van der Waals surface area contributed by atoms with Crippen LogP contribution in [-0.4, -0.2) is 27.5 Å². The van der Waals surface area contributed by atoms with Crippen LogP contribution in [0.2, 0.25) is 0 Å². The Hall–Kier alpha value is -1.92. The zero-order valence-corrected chi connectivity index (χ0v) is 14.8. The Morgan fingerprint density at radius 1 is 1.08 bits per heavy atom. The molecular weight excluding hydrogens is 339 g/mol. The van der Waals surface area contributed by atoms with Gasteiger partial charge in [0.15, 0.2) is 0 Å². The predicted molar refractivity (Wildman–Crippen MR) is 95.1 cm³/mol. The number of hydrogen-bond acceptors (Lipinski definition) is 4. The quantitative estimate of drug-likeness (QED) is 0.808. The molecule has 0 aliphatic carbocycles. The van der Waals surface area contributed by atoms with E-state index in [2.05, 4.69) is 17.6 Å². The number of benzene rings is 2. The second-order valence-corrected chi connectivity index (χ2v) is 8.90. The Balaban J connectivity index is 1.74. The highest BCUT2D eigenvalue weighted by atomic mass is 32.2. The van der Waals surface area contributed by atoms with Crippen LogP contribution in [0.5, 0.6) is 0 Å². The van der Waals surface area contributed by atoms with E-state index in [0.29, 0.717) is 17.9 Å². The van der Waals surface area contributed by atoms with Gasteiger partial charge in [-0.1, -0.05) is 6.92 Å². The molecule has 2 aromatic carbocycles. The van der Waals surface area contributed by atoms with E-state index in [1.54, 1.807) is 12.1 Å². The summed E-state index contributed by atoms with van der Waals surface area (Å²) >= 11 is 0. The zero-order valence-electron chi connectivity index (χ0n) is 14.0. The first kappa shape index (κ1) is 16.5. The van der Waals surface area contributed by atoms with Crippen LogP contribution >= 0.6 is 0 Å². The van der Waals surface area contributed by atoms with Crippen molar-refractivity contribution in [2.45, 2.75) is 35.1 Å². The monoisotopic (exact) mass is 360 g/mol. The van der Waals surface area contributed by atoms with Gasteiger partial charge >= 0.3 is 0 Å². The van der Waals surface area contributed by atoms with Gasteiger partial charge in [-0.3, -0.25) is 0 Å². The summed E-state index contributed by atoms with van der Waals surface area (Å²) in [4.78, 5) is 0.387. The van der Waals surface area contributed by atoms with E-state index in [-0.39, 0.29) is 9.79 Å². The van der Waals surface area contributed by atoms with E-state index < -0.39 is 15.7 Å². The Morgan fingerprint density at radius 3 is 2.56 bits per heavy atom. The number of fused-ring (bicyclic) bond motifs is 3. The predicted octanol–water partition coefficient (Wildman–Crippen LogP) is 3.17. The Labute approximate surface area is 147 Å². The van der Waals surface area contributed by atoms with Crippen LogP contribution < -0.4 is 10.6 Å². The van der Waals surface area contributed by atoms with Crippen LogP contribution in [0, 0.1) is 11.7 Å². The largest absolute Gasteiger partial charge is 0.381 e. The molecule has 6 heteroatoms. The van der Waals surface area contributed by atoms with Crippen LogP contribution in [0.3, 0.4) is 0 Å². The molecule has 2 aliphatic rings. The molecule has 2 aromatic rings. The summed E-state index contributed by atoms with van der Waals surface area (Å²) in [6.45, 7) is 4.11. The second kappa shape index (κ2) is 6.11. The average molecular weight is 360 g/mol. The molecule has 132 valence electrons. The van der Waals surface area contributed by atoms with Gasteiger partial charge in [-0.05, 0) is 73.5 Å². The number of halogens is 1. The van der Waals surface area contributed by atoms with Crippen LogP contribution in [0.1, 0.15) is 24.8 Å². The molecular formula is C19H21FN2O2S. The highest BCUT2D eigenvalue weighted by Gasteiger charge is 2.37. The average Bonchev–Trinajstić information content (AvgIpc) is 2.87. The van der Waals surface area contributed by atoms with Gasteiger partial charge in [-0.25, -0.2) is 12.8 Å². The van der Waals surface area contributed by atoms with E-state index in [4.69, 9.17) is 0 Å². The maximum Gasteiger partial charge on any atom is 0.206 e. The lowest BCUT2D eigenvalue weighted by molar-refractivity contribution is 0.454. The number of anilines is 1. The lowest BCUT2D eigenvalue weighted by atomic mass is 9.87. The van der Waals surface area contributed by atoms with Crippen LogP contribution in [-0.2, 0) is 9.84 Å². The van der Waals surface area contributed by atoms with Crippen molar-refractivity contribution < 1.29 is 12.8 Å². The summed E-state index contributed by atoms with van der Waals surface area (Å²) in [5, 5.41) is 7.01. The van der Waals surface area contributed by atoms with E-state index in [1.807, 2.05) is 6.07 Å². The van der Waals surface area contributed by atoms with Crippen molar-refractivity contribution in [3.63, 3.8) is 0 Å². The van der Waals surface area contributed by atoms with Gasteiger partial charge in [-0.2, -0.15) is 0 Å². The SMILES string of the molecule is CC1CNCC[C@H]2c3cc(S(=O)(=O)c4ccc(F)cc4)ccc3N[C@@H]12. The van der Waals surface area contributed by atoms with Gasteiger partial charge in [0.2, 0.25) is 9.84 Å². The van der Waals surface area contributed by atoms with E-state index in [1.165, 1.54) is 24.3 Å². The first-order valence-corrected chi connectivity index (χ1v) is 10.1. The summed E-state index contributed by atoms with van der Waals surface area (Å²) in [7, 11) is -3.65. The summed E-state index contributed by atoms with van der Waals surface area (Å²) in [6, 6.07) is 10.6. The van der Waals surface area contributed by atoms with E-state index in [9.17, 15) is 12.8 Å². The minimum Gasteiger partial charge on any atom is -0.381 e. The molecule has 2 N–H and O–H groups in total. The fourth-order valence-corrected chi connectivity index (χ4v) is 5.25. The lowest BCUT2D eigenvalue weighted by Crippen LogP contribution is -2.31. The number of sulfone groups is 1. The molecule has 25 heavy (non-hydrogen) atoms. The zero-order chi connectivity index (χ0) is 17.6. The molecule has 0 bridgehead atoms. The fraction of sp³-hybridized carbons (Fsp3) is 0.368. The van der Waals surface area contributed by atoms with E-state index in [0.717, 1.165) is 30.8 Å². The summed E-state index contributed by atoms with van der Waals surface area (Å²) in [5.74, 6) is 0.334. The van der Waals surface area contributed by atoms with Gasteiger partial charge in [0.25, 0.3) is 0 Å². The standard InChI is InChI=1S/C19H21FN2O2S/c1-12-11-21-9-8-16-17-10-15(6-7-18(17)22-19(12)16)25(23,24)14-4-2-13(20)3-5-14/h2-7,10,12,16,19,21-22H,8-9,11H2,1H3/t12?,16-,19-/m0/s1. The van der Waals surface area contributed by atoms with Crippen LogP contribution in [0.15, 0.2) is 52.3 Å². The van der Waals surface area contributed by atoms with Crippen molar-refractivity contribution in [1.82, 2.24) is 5.32 Å². The molecule has 0 saturated carbocycles. The molecule has 3 atom stereocenters. The molecule has 0 spiro atoms. The van der Waals surface area contributed by atoms with Crippen LogP contribution in [0.4, 0.5) is 10.1 Å². The Kier molecular flexibility index (Phi) is 4.04. The second-order valence-electron chi connectivity index (χ2n) is 6.95. The molecule has 1 saturated heterocycles. The number of nitrogens with one attached hydrogen (secondary N) is 2. The molecule has 1 unspecified atom stereocenters. The van der Waals surface area contributed by atoms with Gasteiger partial charge in [-0.15, -0.1) is 0 Å². The molecule has 1 fully saturated rings. The molecule has 2 aliphatic heterocycles. The minimum absolute atomic E-state index is 0.118. The summed E-state index contributed by atoms with van der Waals surface area (Å²) in [6.07, 6.45) is 0.981. The molecule has 2 heterocycles. The molecule has 0 amide bonds. The first-order valence-electron chi connectivity index (χ1n) is 8.58. The highest BCUT2D eigenvalue weighted by Crippen LogP contribution is 2.43. The van der Waals surface area contributed by atoms with Crippen molar-refractivity contribution >= 4 is 15.5 Å². The Bertz CT molecular complexity index is 896. The van der Waals surface area contributed by atoms with Crippen molar-refractivity contribution in [3.05, 3.63) is 53.8 Å². The normalized spacial score (nSPS) is 25.6. The van der Waals surface area contributed by atoms with Crippen LogP contribution in [0.25, 0.3) is 0 Å². The smallest absolute Gasteiger partial charge is 0.206 e. The lowest BCUT2D eigenvalue weighted by Gasteiger charge is -2.22.